The molecule has 0 amide bonds. The highest BCUT2D eigenvalue weighted by Crippen LogP contribution is 2.22. The van der Waals surface area contributed by atoms with Gasteiger partial charge in [0.1, 0.15) is 11.6 Å². The minimum Gasteiger partial charge on any atom is -0.387 e. The van der Waals surface area contributed by atoms with E-state index in [1.165, 1.54) is 11.8 Å². The van der Waals surface area contributed by atoms with Gasteiger partial charge in [0.25, 0.3) is 0 Å². The zero-order valence-corrected chi connectivity index (χ0v) is 9.36. The number of halogens is 2. The van der Waals surface area contributed by atoms with Crippen LogP contribution < -0.4 is 0 Å². The third kappa shape index (κ3) is 3.80. The number of rotatable bonds is 5. The van der Waals surface area contributed by atoms with Crippen LogP contribution in [0.25, 0.3) is 0 Å². The fourth-order valence-corrected chi connectivity index (χ4v) is 2.06. The molecule has 0 aliphatic carbocycles. The van der Waals surface area contributed by atoms with Crippen LogP contribution in [0, 0.1) is 11.6 Å². The number of aliphatic hydroxyl groups excluding tert-OH is 1. The van der Waals surface area contributed by atoms with Crippen LogP contribution >= 0.6 is 11.8 Å². The maximum absolute atomic E-state index is 13.2. The lowest BCUT2D eigenvalue weighted by Crippen LogP contribution is -2.04. The molecule has 0 saturated carbocycles. The van der Waals surface area contributed by atoms with Crippen molar-refractivity contribution in [2.24, 2.45) is 0 Å². The van der Waals surface area contributed by atoms with Gasteiger partial charge in [-0.1, -0.05) is 6.92 Å². The van der Waals surface area contributed by atoms with Crippen molar-refractivity contribution < 1.29 is 13.9 Å². The predicted octanol–water partition coefficient (Wildman–Crippen LogP) is 3.14. The fraction of sp³-hybridized carbons (Fsp3) is 0.455. The van der Waals surface area contributed by atoms with Crippen LogP contribution in [0.5, 0.6) is 0 Å². The molecular formula is C11H14F2OS. The van der Waals surface area contributed by atoms with Gasteiger partial charge in [-0.3, -0.25) is 0 Å². The van der Waals surface area contributed by atoms with Crippen molar-refractivity contribution in [3.8, 4) is 0 Å². The molecule has 0 heterocycles. The maximum atomic E-state index is 13.2. The normalized spacial score (nSPS) is 12.8. The van der Waals surface area contributed by atoms with E-state index < -0.39 is 17.7 Å². The van der Waals surface area contributed by atoms with E-state index >= 15 is 0 Å². The Labute approximate surface area is 92.5 Å². The second-order valence-electron chi connectivity index (χ2n) is 3.26. The highest BCUT2D eigenvalue weighted by Gasteiger charge is 2.13. The monoisotopic (exact) mass is 232 g/mol. The molecule has 0 fully saturated rings. The van der Waals surface area contributed by atoms with Crippen molar-refractivity contribution in [2.45, 2.75) is 19.4 Å². The van der Waals surface area contributed by atoms with Crippen LogP contribution in [0.15, 0.2) is 18.2 Å². The Kier molecular flexibility index (Phi) is 5.05. The SMILES string of the molecule is CCCSCC(O)c1cc(F)ccc1F. The molecule has 0 aliphatic heterocycles. The van der Waals surface area contributed by atoms with Crippen LogP contribution in [-0.2, 0) is 0 Å². The van der Waals surface area contributed by atoms with Gasteiger partial charge >= 0.3 is 0 Å². The highest BCUT2D eigenvalue weighted by molar-refractivity contribution is 7.99. The molecule has 1 unspecified atom stereocenters. The zero-order chi connectivity index (χ0) is 11.3. The predicted molar refractivity (Wildman–Crippen MR) is 58.9 cm³/mol. The molecular weight excluding hydrogens is 218 g/mol. The minimum atomic E-state index is -0.933. The van der Waals surface area contributed by atoms with E-state index in [1.807, 2.05) is 6.92 Å². The van der Waals surface area contributed by atoms with Gasteiger partial charge in [-0.25, -0.2) is 8.78 Å². The summed E-state index contributed by atoms with van der Waals surface area (Å²) < 4.78 is 26.0. The lowest BCUT2D eigenvalue weighted by molar-refractivity contribution is 0.198. The minimum absolute atomic E-state index is 0.0404. The summed E-state index contributed by atoms with van der Waals surface area (Å²) >= 11 is 1.53. The van der Waals surface area contributed by atoms with Crippen LogP contribution in [-0.4, -0.2) is 16.6 Å². The van der Waals surface area contributed by atoms with E-state index in [0.29, 0.717) is 5.75 Å². The van der Waals surface area contributed by atoms with Gasteiger partial charge < -0.3 is 5.11 Å². The fourth-order valence-electron chi connectivity index (χ4n) is 1.20. The van der Waals surface area contributed by atoms with E-state index in [1.54, 1.807) is 0 Å². The number of thioether (sulfide) groups is 1. The lowest BCUT2D eigenvalue weighted by atomic mass is 10.1. The summed E-state index contributed by atoms with van der Waals surface area (Å²) in [6.45, 7) is 2.03. The molecule has 0 radical (unpaired) electrons. The quantitative estimate of drug-likeness (QED) is 0.787. The Morgan fingerprint density at radius 1 is 1.40 bits per heavy atom. The Morgan fingerprint density at radius 3 is 2.80 bits per heavy atom. The molecule has 0 saturated heterocycles. The molecule has 1 nitrogen and oxygen atoms in total. The molecule has 15 heavy (non-hydrogen) atoms. The number of hydrogen-bond donors (Lipinski definition) is 1. The van der Waals surface area contributed by atoms with E-state index in [2.05, 4.69) is 0 Å². The molecule has 1 aromatic carbocycles. The zero-order valence-electron chi connectivity index (χ0n) is 8.54. The van der Waals surface area contributed by atoms with Crippen molar-refractivity contribution in [1.82, 2.24) is 0 Å². The summed E-state index contributed by atoms with van der Waals surface area (Å²) in [5.74, 6) is 0.231. The summed E-state index contributed by atoms with van der Waals surface area (Å²) in [7, 11) is 0. The van der Waals surface area contributed by atoms with Crippen LogP contribution in [0.2, 0.25) is 0 Å². The molecule has 1 rings (SSSR count). The first-order valence-electron chi connectivity index (χ1n) is 4.86. The third-order valence-corrected chi connectivity index (χ3v) is 3.19. The van der Waals surface area contributed by atoms with E-state index in [-0.39, 0.29) is 5.56 Å². The van der Waals surface area contributed by atoms with E-state index in [0.717, 1.165) is 30.4 Å². The van der Waals surface area contributed by atoms with Gasteiger partial charge in [0, 0.05) is 11.3 Å². The van der Waals surface area contributed by atoms with Crippen LogP contribution in [0.1, 0.15) is 25.0 Å². The maximum Gasteiger partial charge on any atom is 0.129 e. The molecule has 0 bridgehead atoms. The summed E-state index contributed by atoms with van der Waals surface area (Å²) in [6, 6.07) is 3.13. The van der Waals surface area contributed by atoms with Gasteiger partial charge in [0.05, 0.1) is 6.10 Å². The first kappa shape index (κ1) is 12.5. The van der Waals surface area contributed by atoms with Gasteiger partial charge in [-0.05, 0) is 30.4 Å². The second-order valence-corrected chi connectivity index (χ2v) is 4.41. The number of hydrogen-bond acceptors (Lipinski definition) is 2. The Balaban J connectivity index is 2.64. The van der Waals surface area contributed by atoms with Crippen molar-refractivity contribution in [3.05, 3.63) is 35.4 Å². The first-order chi connectivity index (χ1) is 7.15. The Bertz CT molecular complexity index is 317. The summed E-state index contributed by atoms with van der Waals surface area (Å²) in [4.78, 5) is 0. The first-order valence-corrected chi connectivity index (χ1v) is 6.01. The highest BCUT2D eigenvalue weighted by atomic mass is 32.2. The van der Waals surface area contributed by atoms with Gasteiger partial charge in [0.15, 0.2) is 0 Å². The van der Waals surface area contributed by atoms with Gasteiger partial charge in [-0.2, -0.15) is 11.8 Å². The Morgan fingerprint density at radius 2 is 2.13 bits per heavy atom. The molecule has 0 aromatic heterocycles. The summed E-state index contributed by atoms with van der Waals surface area (Å²) in [6.07, 6.45) is 0.0699. The van der Waals surface area contributed by atoms with E-state index in [4.69, 9.17) is 0 Å². The smallest absolute Gasteiger partial charge is 0.129 e. The third-order valence-electron chi connectivity index (χ3n) is 1.94. The Hall–Kier alpha value is -0.610. The van der Waals surface area contributed by atoms with Crippen LogP contribution in [0.3, 0.4) is 0 Å². The molecule has 1 aromatic rings. The standard InChI is InChI=1S/C11H14F2OS/c1-2-5-15-7-11(14)9-6-8(12)3-4-10(9)13/h3-4,6,11,14H,2,5,7H2,1H3. The van der Waals surface area contributed by atoms with Crippen molar-refractivity contribution in [3.63, 3.8) is 0 Å². The van der Waals surface area contributed by atoms with Gasteiger partial charge in [-0.15, -0.1) is 0 Å². The molecule has 1 N–H and O–H groups in total. The molecule has 1 atom stereocenters. The summed E-state index contributed by atoms with van der Waals surface area (Å²) in [5, 5.41) is 9.62. The van der Waals surface area contributed by atoms with Gasteiger partial charge in [0.2, 0.25) is 0 Å². The topological polar surface area (TPSA) is 20.2 Å². The number of benzene rings is 1. The van der Waals surface area contributed by atoms with Crippen molar-refractivity contribution >= 4 is 11.8 Å². The molecule has 0 spiro atoms. The molecule has 0 aliphatic rings. The average molecular weight is 232 g/mol. The average Bonchev–Trinajstić information content (AvgIpc) is 2.22. The second kappa shape index (κ2) is 6.08. The largest absolute Gasteiger partial charge is 0.387 e. The van der Waals surface area contributed by atoms with Crippen LogP contribution in [0.4, 0.5) is 8.78 Å². The van der Waals surface area contributed by atoms with E-state index in [9.17, 15) is 13.9 Å². The van der Waals surface area contributed by atoms with Crippen molar-refractivity contribution in [1.29, 1.82) is 0 Å². The lowest BCUT2D eigenvalue weighted by Gasteiger charge is -2.11. The van der Waals surface area contributed by atoms with Crippen molar-refractivity contribution in [2.75, 3.05) is 11.5 Å². The summed E-state index contributed by atoms with van der Waals surface area (Å²) in [5.41, 5.74) is 0.0404. The molecule has 4 heteroatoms. The number of aliphatic hydroxyl groups is 1. The molecule has 84 valence electrons.